The number of halogens is 1. The van der Waals surface area contributed by atoms with Crippen LogP contribution in [0.25, 0.3) is 0 Å². The van der Waals surface area contributed by atoms with Crippen LogP contribution in [0.4, 0.5) is 5.69 Å². The third-order valence-corrected chi connectivity index (χ3v) is 4.48. The lowest BCUT2D eigenvalue weighted by molar-refractivity contribution is 0.199. The van der Waals surface area contributed by atoms with Gasteiger partial charge in [0.2, 0.25) is 0 Å². The highest BCUT2D eigenvalue weighted by Gasteiger charge is 2.31. The fraction of sp³-hybridized carbons (Fsp3) is 0.600. The minimum atomic E-state index is -0.460. The van der Waals surface area contributed by atoms with E-state index in [1.165, 1.54) is 12.8 Å². The summed E-state index contributed by atoms with van der Waals surface area (Å²) in [5.74, 6) is 0. The second-order valence-electron chi connectivity index (χ2n) is 5.64. The van der Waals surface area contributed by atoms with Crippen LogP contribution < -0.4 is 4.90 Å². The Labute approximate surface area is 119 Å². The van der Waals surface area contributed by atoms with Crippen molar-refractivity contribution in [3.8, 4) is 0 Å². The number of nitrogens with zero attached hydrogens (tertiary/aromatic N) is 2. The predicted octanol–water partition coefficient (Wildman–Crippen LogP) is 2.68. The molecule has 2 fully saturated rings. The van der Waals surface area contributed by atoms with Gasteiger partial charge in [0, 0.05) is 32.2 Å². The van der Waals surface area contributed by atoms with Crippen molar-refractivity contribution in [2.24, 2.45) is 0 Å². The minimum absolute atomic E-state index is 0.460. The molecule has 1 heterocycles. The fourth-order valence-corrected chi connectivity index (χ4v) is 3.12. The lowest BCUT2D eigenvalue weighted by Gasteiger charge is -2.36. The van der Waals surface area contributed by atoms with Gasteiger partial charge in [-0.3, -0.25) is 4.90 Å². The number of hydrogen-bond donors (Lipinski definition) is 1. The van der Waals surface area contributed by atoms with Gasteiger partial charge >= 0.3 is 0 Å². The van der Waals surface area contributed by atoms with Gasteiger partial charge in [-0.25, -0.2) is 0 Å². The molecule has 3 nitrogen and oxygen atoms in total. The van der Waals surface area contributed by atoms with Crippen molar-refractivity contribution >= 4 is 17.3 Å². The number of aliphatic hydroxyl groups is 1. The molecule has 2 aliphatic rings. The van der Waals surface area contributed by atoms with Crippen molar-refractivity contribution in [1.29, 1.82) is 0 Å². The van der Waals surface area contributed by atoms with Crippen LogP contribution in [0, 0.1) is 0 Å². The van der Waals surface area contributed by atoms with E-state index in [1.54, 1.807) is 6.92 Å². The summed E-state index contributed by atoms with van der Waals surface area (Å²) in [5.41, 5.74) is 1.98. The molecule has 1 saturated carbocycles. The third-order valence-electron chi connectivity index (χ3n) is 4.17. The molecule has 104 valence electrons. The Hall–Kier alpha value is -0.770. The SMILES string of the molecule is C[C@@H](O)c1ccc(N2CCN(C3CC3)CC2)c(Cl)c1. The highest BCUT2D eigenvalue weighted by atomic mass is 35.5. The summed E-state index contributed by atoms with van der Waals surface area (Å²) in [6.45, 7) is 6.13. The van der Waals surface area contributed by atoms with Crippen molar-refractivity contribution < 1.29 is 5.11 Å². The zero-order chi connectivity index (χ0) is 13.4. The molecule has 1 aliphatic carbocycles. The van der Waals surface area contributed by atoms with Gasteiger partial charge in [0.15, 0.2) is 0 Å². The molecule has 19 heavy (non-hydrogen) atoms. The average Bonchev–Trinajstić information content (AvgIpc) is 3.23. The molecule has 1 aromatic rings. The Balaban J connectivity index is 1.69. The average molecular weight is 281 g/mol. The molecule has 0 radical (unpaired) electrons. The van der Waals surface area contributed by atoms with E-state index in [2.05, 4.69) is 9.80 Å². The summed E-state index contributed by atoms with van der Waals surface area (Å²) in [7, 11) is 0. The Morgan fingerprint density at radius 3 is 2.42 bits per heavy atom. The molecular weight excluding hydrogens is 260 g/mol. The van der Waals surface area contributed by atoms with E-state index < -0.39 is 6.10 Å². The van der Waals surface area contributed by atoms with E-state index in [9.17, 15) is 5.11 Å². The van der Waals surface area contributed by atoms with Crippen molar-refractivity contribution in [2.75, 3.05) is 31.1 Å². The van der Waals surface area contributed by atoms with Crippen LogP contribution in [0.5, 0.6) is 0 Å². The largest absolute Gasteiger partial charge is 0.389 e. The van der Waals surface area contributed by atoms with E-state index in [0.717, 1.165) is 48.5 Å². The van der Waals surface area contributed by atoms with Crippen molar-refractivity contribution in [3.63, 3.8) is 0 Å². The molecule has 0 spiro atoms. The lowest BCUT2D eigenvalue weighted by atomic mass is 10.1. The first-order valence-electron chi connectivity index (χ1n) is 7.11. The Morgan fingerprint density at radius 2 is 1.89 bits per heavy atom. The quantitative estimate of drug-likeness (QED) is 0.922. The smallest absolute Gasteiger partial charge is 0.0762 e. The topological polar surface area (TPSA) is 26.7 Å². The number of benzene rings is 1. The Kier molecular flexibility index (Phi) is 3.70. The summed E-state index contributed by atoms with van der Waals surface area (Å²) in [6, 6.07) is 6.75. The molecular formula is C15H21ClN2O. The summed E-state index contributed by atoms with van der Waals surface area (Å²) >= 11 is 6.35. The van der Waals surface area contributed by atoms with Crippen LogP contribution in [0.15, 0.2) is 18.2 Å². The molecule has 4 heteroatoms. The van der Waals surface area contributed by atoms with E-state index in [4.69, 9.17) is 11.6 Å². The fourth-order valence-electron chi connectivity index (χ4n) is 2.81. The second kappa shape index (κ2) is 5.31. The van der Waals surface area contributed by atoms with Gasteiger partial charge in [-0.05, 0) is 37.5 Å². The summed E-state index contributed by atoms with van der Waals surface area (Å²) in [6.07, 6.45) is 2.30. The van der Waals surface area contributed by atoms with Gasteiger partial charge in [0.05, 0.1) is 16.8 Å². The second-order valence-corrected chi connectivity index (χ2v) is 6.05. The Bertz CT molecular complexity index is 451. The molecule has 1 N–H and O–H groups in total. The van der Waals surface area contributed by atoms with Gasteiger partial charge in [-0.2, -0.15) is 0 Å². The monoisotopic (exact) mass is 280 g/mol. The van der Waals surface area contributed by atoms with Crippen LogP contribution in [-0.2, 0) is 0 Å². The molecule has 1 saturated heterocycles. The van der Waals surface area contributed by atoms with Gasteiger partial charge in [-0.1, -0.05) is 17.7 Å². The predicted molar refractivity (Wildman–Crippen MR) is 78.9 cm³/mol. The van der Waals surface area contributed by atoms with E-state index in [-0.39, 0.29) is 0 Å². The van der Waals surface area contributed by atoms with Crippen LogP contribution >= 0.6 is 11.6 Å². The highest BCUT2D eigenvalue weighted by Crippen LogP contribution is 2.32. The molecule has 3 rings (SSSR count). The first-order valence-corrected chi connectivity index (χ1v) is 7.49. The molecule has 0 aromatic heterocycles. The molecule has 1 atom stereocenters. The summed E-state index contributed by atoms with van der Waals surface area (Å²) < 4.78 is 0. The van der Waals surface area contributed by atoms with E-state index in [0.29, 0.717) is 0 Å². The van der Waals surface area contributed by atoms with Gasteiger partial charge in [0.1, 0.15) is 0 Å². The number of anilines is 1. The molecule has 0 bridgehead atoms. The molecule has 1 aliphatic heterocycles. The van der Waals surface area contributed by atoms with Crippen molar-refractivity contribution in [2.45, 2.75) is 31.9 Å². The van der Waals surface area contributed by atoms with Crippen LogP contribution in [0.1, 0.15) is 31.4 Å². The van der Waals surface area contributed by atoms with Crippen molar-refractivity contribution in [3.05, 3.63) is 28.8 Å². The van der Waals surface area contributed by atoms with Gasteiger partial charge in [-0.15, -0.1) is 0 Å². The maximum Gasteiger partial charge on any atom is 0.0762 e. The maximum absolute atomic E-state index is 9.57. The number of aliphatic hydroxyl groups excluding tert-OH is 1. The number of hydrogen-bond acceptors (Lipinski definition) is 3. The van der Waals surface area contributed by atoms with Gasteiger partial charge in [0.25, 0.3) is 0 Å². The summed E-state index contributed by atoms with van der Waals surface area (Å²) in [5, 5.41) is 10.3. The van der Waals surface area contributed by atoms with Crippen LogP contribution in [0.2, 0.25) is 5.02 Å². The Morgan fingerprint density at radius 1 is 1.21 bits per heavy atom. The molecule has 1 aromatic carbocycles. The maximum atomic E-state index is 9.57. The normalized spacial score (nSPS) is 22.6. The van der Waals surface area contributed by atoms with Crippen LogP contribution in [-0.4, -0.2) is 42.2 Å². The number of piperazine rings is 1. The summed E-state index contributed by atoms with van der Waals surface area (Å²) in [4.78, 5) is 4.95. The minimum Gasteiger partial charge on any atom is -0.389 e. The zero-order valence-electron chi connectivity index (χ0n) is 11.3. The van der Waals surface area contributed by atoms with Crippen molar-refractivity contribution in [1.82, 2.24) is 4.90 Å². The van der Waals surface area contributed by atoms with E-state index >= 15 is 0 Å². The molecule has 0 unspecified atom stereocenters. The lowest BCUT2D eigenvalue weighted by Crippen LogP contribution is -2.47. The first kappa shape index (κ1) is 13.2. The highest BCUT2D eigenvalue weighted by molar-refractivity contribution is 6.33. The number of rotatable bonds is 3. The first-order chi connectivity index (χ1) is 9.15. The standard InChI is InChI=1S/C15H21ClN2O/c1-11(19)12-2-5-15(14(16)10-12)18-8-6-17(7-9-18)13-3-4-13/h2,5,10-11,13,19H,3-4,6-9H2,1H3/t11-/m1/s1. The zero-order valence-corrected chi connectivity index (χ0v) is 12.1. The van der Waals surface area contributed by atoms with Gasteiger partial charge < -0.3 is 10.0 Å². The third kappa shape index (κ3) is 2.88. The molecule has 0 amide bonds. The van der Waals surface area contributed by atoms with Crippen LogP contribution in [0.3, 0.4) is 0 Å². The van der Waals surface area contributed by atoms with E-state index in [1.807, 2.05) is 18.2 Å².